The predicted molar refractivity (Wildman–Crippen MR) is 122 cm³/mol. The van der Waals surface area contributed by atoms with Gasteiger partial charge in [-0.15, -0.1) is 0 Å². The lowest BCUT2D eigenvalue weighted by atomic mass is 9.79. The predicted octanol–water partition coefficient (Wildman–Crippen LogP) is 4.52. The first kappa shape index (κ1) is 19.9. The number of amides is 1. The Morgan fingerprint density at radius 2 is 1.70 bits per heavy atom. The molecule has 0 saturated carbocycles. The molecule has 1 aliphatic carbocycles. The van der Waals surface area contributed by atoms with Crippen LogP contribution in [-0.4, -0.2) is 30.2 Å². The summed E-state index contributed by atoms with van der Waals surface area (Å²) in [5.41, 5.74) is 4.92. The number of nitrogens with zero attached hydrogens (tertiary/aromatic N) is 1. The average molecular weight is 441 g/mol. The van der Waals surface area contributed by atoms with Gasteiger partial charge in [-0.3, -0.25) is 14.5 Å². The molecule has 6 rings (SSSR count). The number of hydrogen-bond acceptors (Lipinski definition) is 4. The second-order valence-electron chi connectivity index (χ2n) is 8.73. The molecular formula is C27H23NO5. The second-order valence-corrected chi connectivity index (χ2v) is 8.73. The molecule has 0 spiro atoms. The quantitative estimate of drug-likeness (QED) is 0.647. The highest BCUT2D eigenvalue weighted by atomic mass is 16.6. The van der Waals surface area contributed by atoms with Gasteiger partial charge in [0.05, 0.1) is 6.04 Å². The van der Waals surface area contributed by atoms with Gasteiger partial charge >= 0.3 is 5.97 Å². The van der Waals surface area contributed by atoms with Crippen molar-refractivity contribution in [1.29, 1.82) is 0 Å². The van der Waals surface area contributed by atoms with E-state index in [9.17, 15) is 14.7 Å². The molecule has 6 heteroatoms. The van der Waals surface area contributed by atoms with Crippen LogP contribution >= 0.6 is 0 Å². The maximum Gasteiger partial charge on any atom is 0.313 e. The molecule has 2 atom stereocenters. The Morgan fingerprint density at radius 1 is 0.909 bits per heavy atom. The molecule has 3 aromatic rings. The summed E-state index contributed by atoms with van der Waals surface area (Å²) in [7, 11) is 0. The van der Waals surface area contributed by atoms with Crippen LogP contribution in [0.2, 0.25) is 0 Å². The van der Waals surface area contributed by atoms with E-state index in [4.69, 9.17) is 9.47 Å². The third kappa shape index (κ3) is 3.17. The number of carboxylic acid groups (broad SMARTS) is 1. The van der Waals surface area contributed by atoms with Crippen molar-refractivity contribution in [3.05, 3.63) is 88.5 Å². The normalized spacial score (nSPS) is 20.8. The Labute approximate surface area is 191 Å². The number of aliphatic carboxylic acids is 1. The maximum atomic E-state index is 13.8. The standard InChI is InChI=1S/C27H23NO5/c29-26-21-7-2-1-6-20(21)24(27(30)31)25(18-9-11-22-23(15-18)33-13-12-32-22)28(26)19-10-8-16-4-3-5-17(16)14-19/h1-2,6-11,14-15,24-25H,3-5,12-13H2,(H,30,31)/t24-,25+/m1/s1. The summed E-state index contributed by atoms with van der Waals surface area (Å²) in [6.07, 6.45) is 3.10. The van der Waals surface area contributed by atoms with Crippen LogP contribution in [0, 0.1) is 0 Å². The summed E-state index contributed by atoms with van der Waals surface area (Å²) in [5.74, 6) is -0.886. The number of carbonyl (C=O) groups excluding carboxylic acids is 1. The number of fused-ring (bicyclic) bond motifs is 3. The van der Waals surface area contributed by atoms with Crippen molar-refractivity contribution in [1.82, 2.24) is 0 Å². The zero-order chi connectivity index (χ0) is 22.5. The minimum atomic E-state index is -0.971. The molecule has 166 valence electrons. The molecule has 2 heterocycles. The van der Waals surface area contributed by atoms with E-state index in [1.54, 1.807) is 35.2 Å². The zero-order valence-electron chi connectivity index (χ0n) is 18.0. The monoisotopic (exact) mass is 441 g/mol. The zero-order valence-corrected chi connectivity index (χ0v) is 18.0. The Kier molecular flexibility index (Phi) is 4.61. The van der Waals surface area contributed by atoms with E-state index in [-0.39, 0.29) is 5.91 Å². The molecule has 1 N–H and O–H groups in total. The van der Waals surface area contributed by atoms with Crippen molar-refractivity contribution in [3.8, 4) is 11.5 Å². The lowest BCUT2D eigenvalue weighted by Crippen LogP contribution is -2.45. The van der Waals surface area contributed by atoms with Crippen molar-refractivity contribution in [2.24, 2.45) is 0 Å². The molecular weight excluding hydrogens is 418 g/mol. The molecule has 3 aromatic carbocycles. The van der Waals surface area contributed by atoms with Crippen LogP contribution in [0.15, 0.2) is 60.7 Å². The molecule has 0 bridgehead atoms. The van der Waals surface area contributed by atoms with E-state index in [0.29, 0.717) is 41.4 Å². The van der Waals surface area contributed by atoms with Gasteiger partial charge in [0.15, 0.2) is 11.5 Å². The number of carbonyl (C=O) groups is 2. The van der Waals surface area contributed by atoms with Crippen molar-refractivity contribution in [3.63, 3.8) is 0 Å². The van der Waals surface area contributed by atoms with Crippen LogP contribution in [0.3, 0.4) is 0 Å². The highest BCUT2D eigenvalue weighted by Gasteiger charge is 2.45. The highest BCUT2D eigenvalue weighted by Crippen LogP contribution is 2.47. The first-order valence-electron chi connectivity index (χ1n) is 11.3. The number of rotatable bonds is 3. The molecule has 0 aromatic heterocycles. The lowest BCUT2D eigenvalue weighted by Gasteiger charge is -2.41. The fourth-order valence-corrected chi connectivity index (χ4v) is 5.38. The van der Waals surface area contributed by atoms with Crippen LogP contribution in [0.5, 0.6) is 11.5 Å². The Hall–Kier alpha value is -3.80. The molecule has 0 unspecified atom stereocenters. The van der Waals surface area contributed by atoms with Crippen molar-refractivity contribution in [2.75, 3.05) is 18.1 Å². The van der Waals surface area contributed by atoms with E-state index in [1.807, 2.05) is 18.2 Å². The average Bonchev–Trinajstić information content (AvgIpc) is 3.31. The van der Waals surface area contributed by atoms with Gasteiger partial charge in [0, 0.05) is 11.3 Å². The third-order valence-electron chi connectivity index (χ3n) is 6.87. The van der Waals surface area contributed by atoms with E-state index in [2.05, 4.69) is 12.1 Å². The number of ether oxygens (including phenoxy) is 2. The molecule has 0 saturated heterocycles. The van der Waals surface area contributed by atoms with E-state index >= 15 is 0 Å². The number of anilines is 1. The number of carboxylic acids is 1. The smallest absolute Gasteiger partial charge is 0.313 e. The van der Waals surface area contributed by atoms with E-state index in [0.717, 1.165) is 24.9 Å². The van der Waals surface area contributed by atoms with Crippen LogP contribution in [0.1, 0.15) is 51.0 Å². The first-order valence-corrected chi connectivity index (χ1v) is 11.3. The minimum absolute atomic E-state index is 0.194. The molecule has 0 fully saturated rings. The summed E-state index contributed by atoms with van der Waals surface area (Å²) in [6, 6.07) is 17.8. The first-order chi connectivity index (χ1) is 16.1. The van der Waals surface area contributed by atoms with Crippen molar-refractivity contribution in [2.45, 2.75) is 31.2 Å². The van der Waals surface area contributed by atoms with Gasteiger partial charge < -0.3 is 14.6 Å². The molecule has 0 radical (unpaired) electrons. The summed E-state index contributed by atoms with van der Waals surface area (Å²) in [6.45, 7) is 0.903. The summed E-state index contributed by atoms with van der Waals surface area (Å²) >= 11 is 0. The lowest BCUT2D eigenvalue weighted by molar-refractivity contribution is -0.139. The van der Waals surface area contributed by atoms with Crippen LogP contribution < -0.4 is 14.4 Å². The Balaban J connectivity index is 1.56. The number of benzene rings is 3. The molecule has 3 aliphatic rings. The van der Waals surface area contributed by atoms with Crippen LogP contribution in [-0.2, 0) is 17.6 Å². The van der Waals surface area contributed by atoms with Crippen molar-refractivity contribution < 1.29 is 24.2 Å². The SMILES string of the molecule is O=C(O)[C@@H]1c2ccccc2C(=O)N(c2ccc3c(c2)CCC3)[C@H]1c1ccc2c(c1)OCCO2. The maximum absolute atomic E-state index is 13.8. The van der Waals surface area contributed by atoms with Crippen LogP contribution in [0.25, 0.3) is 0 Å². The molecule has 1 amide bonds. The van der Waals surface area contributed by atoms with Gasteiger partial charge in [-0.1, -0.05) is 30.3 Å². The van der Waals surface area contributed by atoms with Crippen molar-refractivity contribution >= 4 is 17.6 Å². The number of aryl methyl sites for hydroxylation is 2. The highest BCUT2D eigenvalue weighted by molar-refractivity contribution is 6.11. The van der Waals surface area contributed by atoms with Gasteiger partial charge in [-0.05, 0) is 71.8 Å². The third-order valence-corrected chi connectivity index (χ3v) is 6.87. The molecule has 6 nitrogen and oxygen atoms in total. The Morgan fingerprint density at radius 3 is 2.55 bits per heavy atom. The second kappa shape index (κ2) is 7.66. The largest absolute Gasteiger partial charge is 0.486 e. The number of hydrogen-bond donors (Lipinski definition) is 1. The van der Waals surface area contributed by atoms with Gasteiger partial charge in [0.1, 0.15) is 19.1 Å². The molecule has 2 aliphatic heterocycles. The van der Waals surface area contributed by atoms with Gasteiger partial charge in [0.2, 0.25) is 0 Å². The fourth-order valence-electron chi connectivity index (χ4n) is 5.38. The summed E-state index contributed by atoms with van der Waals surface area (Å²) in [4.78, 5) is 28.2. The summed E-state index contributed by atoms with van der Waals surface area (Å²) < 4.78 is 11.4. The fraction of sp³-hybridized carbons (Fsp3) is 0.259. The topological polar surface area (TPSA) is 76.1 Å². The van der Waals surface area contributed by atoms with Gasteiger partial charge in [-0.25, -0.2) is 0 Å². The van der Waals surface area contributed by atoms with E-state index in [1.165, 1.54) is 11.1 Å². The van der Waals surface area contributed by atoms with E-state index < -0.39 is 17.9 Å². The van der Waals surface area contributed by atoms with Gasteiger partial charge in [0.25, 0.3) is 5.91 Å². The molecule has 33 heavy (non-hydrogen) atoms. The van der Waals surface area contributed by atoms with Gasteiger partial charge in [-0.2, -0.15) is 0 Å². The summed E-state index contributed by atoms with van der Waals surface area (Å²) in [5, 5.41) is 10.4. The minimum Gasteiger partial charge on any atom is -0.486 e. The van der Waals surface area contributed by atoms with Crippen LogP contribution in [0.4, 0.5) is 5.69 Å². The Bertz CT molecular complexity index is 1280.